The fourth-order valence-corrected chi connectivity index (χ4v) is 7.78. The zero-order chi connectivity index (χ0) is 22.4. The van der Waals surface area contributed by atoms with Crippen molar-refractivity contribution in [1.29, 1.82) is 0 Å². The van der Waals surface area contributed by atoms with E-state index in [0.29, 0.717) is 54.8 Å². The quantitative estimate of drug-likeness (QED) is 0.614. The van der Waals surface area contributed by atoms with Crippen LogP contribution in [0.5, 0.6) is 0 Å². The van der Waals surface area contributed by atoms with Crippen molar-refractivity contribution in [3.05, 3.63) is 17.5 Å². The van der Waals surface area contributed by atoms with Crippen molar-refractivity contribution in [2.75, 3.05) is 18.4 Å². The molecule has 2 amide bonds. The van der Waals surface area contributed by atoms with Crippen LogP contribution in [0.4, 0.5) is 5.95 Å². The summed E-state index contributed by atoms with van der Waals surface area (Å²) in [5.74, 6) is 4.35. The van der Waals surface area contributed by atoms with Crippen LogP contribution >= 0.6 is 0 Å². The number of nitrogens with one attached hydrogen (secondary N) is 3. The molecular formula is C26H37N5O2. The molecule has 4 saturated carbocycles. The second-order valence-electron chi connectivity index (χ2n) is 11.4. The van der Waals surface area contributed by atoms with Crippen LogP contribution in [0.15, 0.2) is 6.20 Å². The van der Waals surface area contributed by atoms with Gasteiger partial charge in [-0.1, -0.05) is 25.7 Å². The molecule has 3 bridgehead atoms. The monoisotopic (exact) mass is 451 g/mol. The number of fused-ring (bicyclic) bond motifs is 2. The Labute approximate surface area is 196 Å². The Balaban J connectivity index is 1.19. The second-order valence-corrected chi connectivity index (χ2v) is 11.4. The minimum absolute atomic E-state index is 0.0358. The lowest BCUT2D eigenvalue weighted by molar-refractivity contribution is -0.119. The molecule has 4 aliphatic carbocycles. The molecule has 1 aromatic heterocycles. The van der Waals surface area contributed by atoms with Crippen LogP contribution < -0.4 is 16.0 Å². The zero-order valence-electron chi connectivity index (χ0n) is 19.5. The molecule has 3 N–H and O–H groups in total. The Hall–Kier alpha value is -2.18. The van der Waals surface area contributed by atoms with E-state index in [1.807, 2.05) is 0 Å². The van der Waals surface area contributed by atoms with Gasteiger partial charge in [0.1, 0.15) is 0 Å². The number of amides is 2. The minimum Gasteiger partial charge on any atom is -0.356 e. The number of aromatic nitrogens is 2. The normalized spacial score (nSPS) is 35.5. The van der Waals surface area contributed by atoms with Crippen LogP contribution in [-0.2, 0) is 4.79 Å². The van der Waals surface area contributed by atoms with Gasteiger partial charge in [0.2, 0.25) is 11.9 Å². The van der Waals surface area contributed by atoms with Crippen LogP contribution in [0.25, 0.3) is 0 Å². The fraction of sp³-hybridized carbons (Fsp3) is 0.769. The lowest BCUT2D eigenvalue weighted by atomic mass is 9.79. The Morgan fingerprint density at radius 2 is 1.91 bits per heavy atom. The van der Waals surface area contributed by atoms with Gasteiger partial charge in [-0.2, -0.15) is 0 Å². The molecule has 1 saturated heterocycles. The minimum atomic E-state index is 0.0358. The Bertz CT molecular complexity index is 914. The average Bonchev–Trinajstić information content (AvgIpc) is 3.52. The molecule has 4 unspecified atom stereocenters. The van der Waals surface area contributed by atoms with Crippen molar-refractivity contribution in [2.45, 2.75) is 82.6 Å². The molecule has 6 rings (SSSR count). The summed E-state index contributed by atoms with van der Waals surface area (Å²) in [6, 6.07) is 0.328. The van der Waals surface area contributed by atoms with Gasteiger partial charge < -0.3 is 16.0 Å². The molecule has 7 nitrogen and oxygen atoms in total. The van der Waals surface area contributed by atoms with Crippen molar-refractivity contribution < 1.29 is 9.59 Å². The number of nitrogens with zero attached hydrogens (tertiary/aromatic N) is 2. The van der Waals surface area contributed by atoms with Crippen LogP contribution in [0.1, 0.15) is 92.6 Å². The summed E-state index contributed by atoms with van der Waals surface area (Å²) in [6.45, 7) is 1.37. The Kier molecular flexibility index (Phi) is 5.75. The van der Waals surface area contributed by atoms with Crippen LogP contribution in [0.3, 0.4) is 0 Å². The van der Waals surface area contributed by atoms with Gasteiger partial charge in [-0.3, -0.25) is 9.59 Å². The van der Waals surface area contributed by atoms with E-state index in [9.17, 15) is 9.59 Å². The molecular weight excluding hydrogens is 414 g/mol. The molecule has 33 heavy (non-hydrogen) atoms. The predicted octanol–water partition coefficient (Wildman–Crippen LogP) is 3.63. The highest BCUT2D eigenvalue weighted by atomic mass is 16.2. The third-order valence-electron chi connectivity index (χ3n) is 9.32. The van der Waals surface area contributed by atoms with Gasteiger partial charge in [0, 0.05) is 43.6 Å². The van der Waals surface area contributed by atoms with Gasteiger partial charge >= 0.3 is 0 Å². The summed E-state index contributed by atoms with van der Waals surface area (Å²) in [7, 11) is 0. The first-order valence-electron chi connectivity index (χ1n) is 13.3. The molecule has 0 aromatic carbocycles. The lowest BCUT2D eigenvalue weighted by Crippen LogP contribution is -2.42. The Morgan fingerprint density at radius 3 is 2.73 bits per heavy atom. The largest absolute Gasteiger partial charge is 0.356 e. The van der Waals surface area contributed by atoms with Crippen molar-refractivity contribution >= 4 is 17.8 Å². The summed E-state index contributed by atoms with van der Waals surface area (Å²) in [6.07, 6.45) is 14.9. The molecule has 1 aliphatic heterocycles. The number of hydrogen-bond acceptors (Lipinski definition) is 5. The molecule has 2 heterocycles. The first-order chi connectivity index (χ1) is 16.1. The van der Waals surface area contributed by atoms with Gasteiger partial charge in [-0.05, 0) is 62.2 Å². The number of anilines is 1. The van der Waals surface area contributed by atoms with Gasteiger partial charge in [0.15, 0.2) is 0 Å². The van der Waals surface area contributed by atoms with Crippen molar-refractivity contribution in [2.24, 2.45) is 29.6 Å². The van der Waals surface area contributed by atoms with Crippen LogP contribution in [0.2, 0.25) is 0 Å². The number of hydrogen-bond donors (Lipinski definition) is 3. The van der Waals surface area contributed by atoms with Crippen LogP contribution in [-0.4, -0.2) is 40.9 Å². The van der Waals surface area contributed by atoms with E-state index in [1.165, 1.54) is 51.4 Å². The molecule has 0 spiro atoms. The number of rotatable bonds is 6. The third-order valence-corrected chi connectivity index (χ3v) is 9.32. The van der Waals surface area contributed by atoms with E-state index in [-0.39, 0.29) is 17.7 Å². The SMILES string of the molecule is O=C1C[C@H](CNc2ncc(C(=O)N[C@H]3C4CC5CCCC3C(C5)C4)c(C3CCCC3)n2)CN1. The Morgan fingerprint density at radius 1 is 1.06 bits per heavy atom. The molecule has 178 valence electrons. The van der Waals surface area contributed by atoms with Crippen molar-refractivity contribution in [1.82, 2.24) is 20.6 Å². The van der Waals surface area contributed by atoms with E-state index in [1.54, 1.807) is 6.20 Å². The highest BCUT2D eigenvalue weighted by Crippen LogP contribution is 2.53. The zero-order valence-corrected chi connectivity index (χ0v) is 19.5. The summed E-state index contributed by atoms with van der Waals surface area (Å²) in [4.78, 5) is 34.5. The fourth-order valence-electron chi connectivity index (χ4n) is 7.78. The van der Waals surface area contributed by atoms with Gasteiger partial charge in [0.05, 0.1) is 11.3 Å². The predicted molar refractivity (Wildman–Crippen MR) is 126 cm³/mol. The maximum Gasteiger partial charge on any atom is 0.254 e. The maximum atomic E-state index is 13.6. The lowest BCUT2D eigenvalue weighted by Gasteiger charge is -2.30. The molecule has 5 aliphatic rings. The smallest absolute Gasteiger partial charge is 0.254 e. The summed E-state index contributed by atoms with van der Waals surface area (Å²) >= 11 is 0. The molecule has 1 aromatic rings. The number of carbonyl (C=O) groups is 2. The molecule has 7 heteroatoms. The topological polar surface area (TPSA) is 96.0 Å². The van der Waals surface area contributed by atoms with Gasteiger partial charge in [0.25, 0.3) is 5.91 Å². The van der Waals surface area contributed by atoms with Crippen molar-refractivity contribution in [3.63, 3.8) is 0 Å². The first kappa shape index (κ1) is 21.4. The van der Waals surface area contributed by atoms with E-state index in [4.69, 9.17) is 4.98 Å². The summed E-state index contributed by atoms with van der Waals surface area (Å²) in [5, 5.41) is 9.70. The van der Waals surface area contributed by atoms with E-state index >= 15 is 0 Å². The van der Waals surface area contributed by atoms with Gasteiger partial charge in [-0.25, -0.2) is 9.97 Å². The third kappa shape index (κ3) is 4.24. The van der Waals surface area contributed by atoms with Gasteiger partial charge in [-0.15, -0.1) is 0 Å². The molecule has 5 fully saturated rings. The molecule has 6 atom stereocenters. The van der Waals surface area contributed by atoms with E-state index in [2.05, 4.69) is 20.9 Å². The van der Waals surface area contributed by atoms with Crippen molar-refractivity contribution in [3.8, 4) is 0 Å². The van der Waals surface area contributed by atoms with E-state index in [0.717, 1.165) is 30.4 Å². The number of carbonyl (C=O) groups excluding carboxylic acids is 2. The van der Waals surface area contributed by atoms with E-state index < -0.39 is 0 Å². The first-order valence-corrected chi connectivity index (χ1v) is 13.3. The second kappa shape index (κ2) is 8.88. The highest BCUT2D eigenvalue weighted by molar-refractivity contribution is 5.95. The standard InChI is InChI=1S/C26H37N5O2/c32-22-10-16(12-27-22)13-28-26-29-14-21(23(31-26)17-5-1-2-6-17)25(33)30-24-19-9-15-4-3-7-20(24)18(8-15)11-19/h14-20,24H,1-13H2,(H,27,32)(H,30,33)(H,28,29,31)/t15?,16-,18?,19?,20?,24-/m0/s1. The highest BCUT2D eigenvalue weighted by Gasteiger charge is 2.49. The maximum absolute atomic E-state index is 13.6. The summed E-state index contributed by atoms with van der Waals surface area (Å²) in [5.41, 5.74) is 1.60. The molecule has 0 radical (unpaired) electrons. The van der Waals surface area contributed by atoms with Crippen LogP contribution in [0, 0.1) is 29.6 Å². The summed E-state index contributed by atoms with van der Waals surface area (Å²) < 4.78 is 0. The average molecular weight is 452 g/mol.